The number of likely N-dealkylation sites (tertiary alicyclic amines) is 1. The number of pyridine rings is 1. The minimum atomic E-state index is -0.811. The highest BCUT2D eigenvalue weighted by atomic mass is 16.5. The second-order valence-electron chi connectivity index (χ2n) is 7.76. The number of carbonyl (C=O) groups excluding carboxylic acids is 2. The van der Waals surface area contributed by atoms with Crippen molar-refractivity contribution in [1.29, 1.82) is 0 Å². The summed E-state index contributed by atoms with van der Waals surface area (Å²) < 4.78 is 10.6. The molecule has 1 aliphatic heterocycles. The zero-order chi connectivity index (χ0) is 24.2. The first-order valence-corrected chi connectivity index (χ1v) is 10.6. The van der Waals surface area contributed by atoms with Gasteiger partial charge in [-0.2, -0.15) is 0 Å². The number of ether oxygens (including phenoxy) is 2. The summed E-state index contributed by atoms with van der Waals surface area (Å²) in [6.45, 7) is 0.221. The summed E-state index contributed by atoms with van der Waals surface area (Å²) >= 11 is 0. The predicted octanol–water partition coefficient (Wildman–Crippen LogP) is 3.47. The van der Waals surface area contributed by atoms with E-state index in [0.29, 0.717) is 29.0 Å². The van der Waals surface area contributed by atoms with Crippen molar-refractivity contribution in [2.24, 2.45) is 0 Å². The third-order valence-corrected chi connectivity index (χ3v) is 5.79. The van der Waals surface area contributed by atoms with Gasteiger partial charge in [0.25, 0.3) is 11.7 Å². The molecule has 8 heteroatoms. The van der Waals surface area contributed by atoms with E-state index in [1.807, 2.05) is 12.1 Å². The molecule has 0 aliphatic carbocycles. The van der Waals surface area contributed by atoms with E-state index in [9.17, 15) is 19.8 Å². The normalized spacial score (nSPS) is 17.1. The van der Waals surface area contributed by atoms with Crippen LogP contribution >= 0.6 is 0 Å². The zero-order valence-electron chi connectivity index (χ0n) is 18.8. The molecule has 3 aromatic rings. The molecule has 1 unspecified atom stereocenters. The maximum absolute atomic E-state index is 13.1. The molecule has 1 aromatic heterocycles. The Labute approximate surface area is 196 Å². The molecule has 1 atom stereocenters. The van der Waals surface area contributed by atoms with Gasteiger partial charge in [-0.15, -0.1) is 0 Å². The molecule has 174 valence electrons. The van der Waals surface area contributed by atoms with Crippen LogP contribution in [-0.2, 0) is 16.0 Å². The molecular formula is C26H24N2O6. The lowest BCUT2D eigenvalue weighted by Gasteiger charge is -2.25. The summed E-state index contributed by atoms with van der Waals surface area (Å²) in [5.41, 5.74) is 1.86. The van der Waals surface area contributed by atoms with Crippen LogP contribution in [0.3, 0.4) is 0 Å². The molecule has 0 saturated carbocycles. The van der Waals surface area contributed by atoms with Crippen LogP contribution in [0.5, 0.6) is 17.2 Å². The molecule has 0 bridgehead atoms. The molecule has 1 aliphatic rings. The highest BCUT2D eigenvalue weighted by molar-refractivity contribution is 6.46. The number of aromatic nitrogens is 1. The average Bonchev–Trinajstić information content (AvgIpc) is 3.12. The zero-order valence-corrected chi connectivity index (χ0v) is 18.8. The number of hydrogen-bond donors (Lipinski definition) is 2. The van der Waals surface area contributed by atoms with Crippen LogP contribution in [0.25, 0.3) is 5.76 Å². The third kappa shape index (κ3) is 4.30. The Hall–Kier alpha value is -4.33. The van der Waals surface area contributed by atoms with Gasteiger partial charge < -0.3 is 24.6 Å². The third-order valence-electron chi connectivity index (χ3n) is 5.79. The van der Waals surface area contributed by atoms with Crippen molar-refractivity contribution in [2.45, 2.75) is 12.5 Å². The number of phenols is 1. The minimum Gasteiger partial charge on any atom is -0.508 e. The monoisotopic (exact) mass is 460 g/mol. The second-order valence-corrected chi connectivity index (χ2v) is 7.76. The fraction of sp³-hybridized carbons (Fsp3) is 0.192. The largest absolute Gasteiger partial charge is 0.508 e. The van der Waals surface area contributed by atoms with E-state index in [1.54, 1.807) is 44.6 Å². The lowest BCUT2D eigenvalue weighted by atomic mass is 9.95. The number of ketones is 1. The number of aliphatic hydroxyl groups is 1. The lowest BCUT2D eigenvalue weighted by Crippen LogP contribution is -2.31. The molecule has 1 amide bonds. The van der Waals surface area contributed by atoms with Crippen LogP contribution in [0.2, 0.25) is 0 Å². The molecular weight excluding hydrogens is 436 g/mol. The first-order valence-electron chi connectivity index (χ1n) is 10.6. The summed E-state index contributed by atoms with van der Waals surface area (Å²) in [5, 5.41) is 20.7. The summed E-state index contributed by atoms with van der Waals surface area (Å²) in [6, 6.07) is 14.0. The molecule has 0 radical (unpaired) electrons. The molecule has 8 nitrogen and oxygen atoms in total. The number of carbonyl (C=O) groups is 2. The lowest BCUT2D eigenvalue weighted by molar-refractivity contribution is -0.139. The number of amides is 1. The van der Waals surface area contributed by atoms with Crippen molar-refractivity contribution < 1.29 is 29.3 Å². The number of Topliss-reactive ketones (excluding diaryl/α,β-unsaturated/α-hetero) is 1. The fourth-order valence-corrected chi connectivity index (χ4v) is 4.06. The van der Waals surface area contributed by atoms with Crippen molar-refractivity contribution in [3.05, 3.63) is 89.3 Å². The topological polar surface area (TPSA) is 109 Å². The number of hydrogen-bond acceptors (Lipinski definition) is 7. The van der Waals surface area contributed by atoms with Crippen LogP contribution in [0.15, 0.2) is 72.6 Å². The van der Waals surface area contributed by atoms with E-state index in [2.05, 4.69) is 4.98 Å². The maximum atomic E-state index is 13.1. The minimum absolute atomic E-state index is 0.00537. The SMILES string of the molecule is COc1ccc(CCN2C(=O)C(=O)/C(=C(/O)c3ccncc3)C2c2ccc(O)cc2)cc1OC. The maximum Gasteiger partial charge on any atom is 0.295 e. The van der Waals surface area contributed by atoms with Gasteiger partial charge in [-0.05, 0) is 53.9 Å². The van der Waals surface area contributed by atoms with Gasteiger partial charge >= 0.3 is 0 Å². The molecule has 0 spiro atoms. The highest BCUT2D eigenvalue weighted by Gasteiger charge is 2.45. The fourth-order valence-electron chi connectivity index (χ4n) is 4.06. The Morgan fingerprint density at radius 1 is 0.971 bits per heavy atom. The van der Waals surface area contributed by atoms with E-state index in [-0.39, 0.29) is 23.6 Å². The first kappa shape index (κ1) is 22.8. The molecule has 1 saturated heterocycles. The van der Waals surface area contributed by atoms with Gasteiger partial charge in [-0.25, -0.2) is 0 Å². The summed E-state index contributed by atoms with van der Waals surface area (Å²) in [5.74, 6) is -0.524. The highest BCUT2D eigenvalue weighted by Crippen LogP contribution is 2.40. The van der Waals surface area contributed by atoms with Crippen molar-refractivity contribution in [3.63, 3.8) is 0 Å². The van der Waals surface area contributed by atoms with Crippen molar-refractivity contribution in [1.82, 2.24) is 9.88 Å². The van der Waals surface area contributed by atoms with Crippen molar-refractivity contribution in [2.75, 3.05) is 20.8 Å². The number of aliphatic hydroxyl groups excluding tert-OH is 1. The summed E-state index contributed by atoms with van der Waals surface area (Å²) in [7, 11) is 3.10. The summed E-state index contributed by atoms with van der Waals surface area (Å²) in [4.78, 5) is 31.5. The molecule has 2 heterocycles. The number of aromatic hydroxyl groups is 1. The van der Waals surface area contributed by atoms with Gasteiger partial charge in [-0.3, -0.25) is 14.6 Å². The Morgan fingerprint density at radius 2 is 1.65 bits per heavy atom. The molecule has 2 N–H and O–H groups in total. The number of phenolic OH excluding ortho intramolecular Hbond substituents is 1. The predicted molar refractivity (Wildman–Crippen MR) is 125 cm³/mol. The van der Waals surface area contributed by atoms with Gasteiger partial charge in [0, 0.05) is 24.5 Å². The smallest absolute Gasteiger partial charge is 0.295 e. The van der Waals surface area contributed by atoms with Crippen LogP contribution in [0.4, 0.5) is 0 Å². The quantitative estimate of drug-likeness (QED) is 0.316. The molecule has 34 heavy (non-hydrogen) atoms. The molecule has 1 fully saturated rings. The summed E-state index contributed by atoms with van der Waals surface area (Å²) in [6.07, 6.45) is 3.44. The van der Waals surface area contributed by atoms with Gasteiger partial charge in [0.15, 0.2) is 11.5 Å². The van der Waals surface area contributed by atoms with Crippen LogP contribution in [-0.4, -0.2) is 52.6 Å². The van der Waals surface area contributed by atoms with E-state index in [0.717, 1.165) is 5.56 Å². The number of methoxy groups -OCH3 is 2. The van der Waals surface area contributed by atoms with E-state index >= 15 is 0 Å². The van der Waals surface area contributed by atoms with Crippen LogP contribution in [0, 0.1) is 0 Å². The number of nitrogens with zero attached hydrogens (tertiary/aromatic N) is 2. The van der Waals surface area contributed by atoms with Gasteiger partial charge in [0.05, 0.1) is 25.8 Å². The van der Waals surface area contributed by atoms with Crippen LogP contribution in [0.1, 0.15) is 22.7 Å². The van der Waals surface area contributed by atoms with Gasteiger partial charge in [-0.1, -0.05) is 18.2 Å². The van der Waals surface area contributed by atoms with Gasteiger partial charge in [0.2, 0.25) is 0 Å². The van der Waals surface area contributed by atoms with Crippen molar-refractivity contribution in [3.8, 4) is 17.2 Å². The second kappa shape index (κ2) is 9.66. The Morgan fingerprint density at radius 3 is 2.29 bits per heavy atom. The standard InChI is InChI=1S/C26H24N2O6/c1-33-20-8-3-16(15-21(20)34-2)11-14-28-23(17-4-6-19(29)7-5-17)22(25(31)26(28)32)24(30)18-9-12-27-13-10-18/h3-10,12-13,15,23,29-30H,11,14H2,1-2H3/b24-22+. The Bertz CT molecular complexity index is 1240. The average molecular weight is 460 g/mol. The van der Waals surface area contributed by atoms with Crippen LogP contribution < -0.4 is 9.47 Å². The number of benzene rings is 2. The van der Waals surface area contributed by atoms with Crippen molar-refractivity contribution >= 4 is 17.4 Å². The van der Waals surface area contributed by atoms with E-state index in [4.69, 9.17) is 9.47 Å². The Kier molecular flexibility index (Phi) is 6.49. The molecule has 4 rings (SSSR count). The Balaban J connectivity index is 1.73. The number of rotatable bonds is 7. The molecule has 2 aromatic carbocycles. The first-order chi connectivity index (χ1) is 16.4. The van der Waals surface area contributed by atoms with Gasteiger partial charge in [0.1, 0.15) is 11.5 Å². The van der Waals surface area contributed by atoms with E-state index in [1.165, 1.54) is 29.4 Å². The van der Waals surface area contributed by atoms with E-state index < -0.39 is 17.7 Å².